The van der Waals surface area contributed by atoms with Crippen molar-refractivity contribution in [2.75, 3.05) is 10.6 Å². The Morgan fingerprint density at radius 3 is 2.36 bits per heavy atom. The number of carboxylic acids is 2. The molecule has 4 rings (SSSR count). The van der Waals surface area contributed by atoms with Crippen molar-refractivity contribution < 1.29 is 37.8 Å². The predicted octanol–water partition coefficient (Wildman–Crippen LogP) is 5.35. The van der Waals surface area contributed by atoms with E-state index in [1.54, 1.807) is 24.3 Å². The third-order valence-corrected chi connectivity index (χ3v) is 6.41. The van der Waals surface area contributed by atoms with Crippen LogP contribution in [0.4, 0.5) is 29.8 Å². The van der Waals surface area contributed by atoms with Crippen LogP contribution in [0.5, 0.6) is 0 Å². The summed E-state index contributed by atoms with van der Waals surface area (Å²) in [6.07, 6.45) is -2.70. The number of carboxylic acid groups (broad SMARTS) is 2. The van der Waals surface area contributed by atoms with Crippen LogP contribution in [0, 0.1) is 0 Å². The van der Waals surface area contributed by atoms with Gasteiger partial charge in [-0.3, -0.25) is 9.59 Å². The molecule has 188 valence electrons. The van der Waals surface area contributed by atoms with Crippen LogP contribution in [0.15, 0.2) is 36.5 Å². The van der Waals surface area contributed by atoms with Gasteiger partial charge in [-0.05, 0) is 37.0 Å². The van der Waals surface area contributed by atoms with Crippen LogP contribution in [0.2, 0.25) is 0 Å². The molecule has 1 fully saturated rings. The highest BCUT2D eigenvalue weighted by Gasteiger charge is 2.33. The number of thiazole rings is 1. The zero-order valence-corrected chi connectivity index (χ0v) is 19.2. The molecular weight excluding hydrogens is 501 g/mol. The molecule has 2 aromatic heterocycles. The number of hydrogen-bond acceptors (Lipinski definition) is 7. The van der Waals surface area contributed by atoms with Gasteiger partial charge in [0.05, 0.1) is 17.7 Å². The zero-order valence-electron chi connectivity index (χ0n) is 18.4. The van der Waals surface area contributed by atoms with Gasteiger partial charge < -0.3 is 20.8 Å². The summed E-state index contributed by atoms with van der Waals surface area (Å²) in [6, 6.07) is 7.29. The fourth-order valence-electron chi connectivity index (χ4n) is 3.35. The van der Waals surface area contributed by atoms with Crippen LogP contribution in [0.3, 0.4) is 0 Å². The van der Waals surface area contributed by atoms with E-state index < -0.39 is 35.1 Å². The molecular formula is C23H19F3N4O5S. The maximum absolute atomic E-state index is 13.0. The van der Waals surface area contributed by atoms with Crippen molar-refractivity contribution >= 4 is 45.8 Å². The van der Waals surface area contributed by atoms with Crippen LogP contribution < -0.4 is 10.6 Å². The van der Waals surface area contributed by atoms with E-state index in [4.69, 9.17) is 5.11 Å². The van der Waals surface area contributed by atoms with Crippen LogP contribution in [0.25, 0.3) is 11.3 Å². The van der Waals surface area contributed by atoms with Crippen LogP contribution in [-0.4, -0.2) is 38.0 Å². The lowest BCUT2D eigenvalue weighted by Gasteiger charge is -2.10. The van der Waals surface area contributed by atoms with E-state index in [0.29, 0.717) is 23.6 Å². The second-order valence-corrected chi connectivity index (χ2v) is 9.10. The van der Waals surface area contributed by atoms with Gasteiger partial charge in [-0.2, -0.15) is 13.2 Å². The monoisotopic (exact) mass is 520 g/mol. The van der Waals surface area contributed by atoms with E-state index in [1.807, 2.05) is 0 Å². The minimum atomic E-state index is -4.73. The predicted molar refractivity (Wildman–Crippen MR) is 125 cm³/mol. The fourth-order valence-corrected chi connectivity index (χ4v) is 4.51. The molecule has 2 heterocycles. The normalized spacial score (nSPS) is 13.3. The van der Waals surface area contributed by atoms with Gasteiger partial charge in [-0.15, -0.1) is 11.3 Å². The molecule has 13 heteroatoms. The van der Waals surface area contributed by atoms with Gasteiger partial charge in [-0.1, -0.05) is 12.1 Å². The van der Waals surface area contributed by atoms with Gasteiger partial charge in [0.15, 0.2) is 5.13 Å². The number of nitrogens with one attached hydrogen (secondary N) is 2. The quantitative estimate of drug-likeness (QED) is 0.296. The Hall–Kier alpha value is -4.00. The van der Waals surface area contributed by atoms with Crippen molar-refractivity contribution in [2.45, 2.75) is 37.8 Å². The zero-order chi connectivity index (χ0) is 26.0. The topological polar surface area (TPSA) is 142 Å². The third kappa shape index (κ3) is 5.97. The second-order valence-electron chi connectivity index (χ2n) is 8.07. The van der Waals surface area contributed by atoms with Gasteiger partial charge in [0.1, 0.15) is 11.4 Å². The molecule has 1 aromatic carbocycles. The molecule has 3 aromatic rings. The molecule has 36 heavy (non-hydrogen) atoms. The lowest BCUT2D eigenvalue weighted by molar-refractivity contribution is -0.138. The molecule has 0 atom stereocenters. The Morgan fingerprint density at radius 1 is 1.08 bits per heavy atom. The fraction of sp³-hybridized carbons (Fsp3) is 0.261. The summed E-state index contributed by atoms with van der Waals surface area (Å²) in [5.41, 5.74) is 0.0495. The Morgan fingerprint density at radius 2 is 1.78 bits per heavy atom. The molecule has 9 nitrogen and oxygen atoms in total. The number of carbonyl (C=O) groups excluding carboxylic acids is 1. The first-order valence-corrected chi connectivity index (χ1v) is 11.5. The van der Waals surface area contributed by atoms with Crippen molar-refractivity contribution in [2.24, 2.45) is 0 Å². The van der Waals surface area contributed by atoms with E-state index in [0.717, 1.165) is 23.3 Å². The SMILES string of the molecule is O=C(O)CCC(=O)Nc1ccc(-c2nc(Nc3ncc(C(F)(F)F)cc3C(=O)O)sc2C2CC2)cc1. The summed E-state index contributed by atoms with van der Waals surface area (Å²) in [5, 5.41) is 23.7. The Bertz CT molecular complexity index is 1320. The highest BCUT2D eigenvalue weighted by molar-refractivity contribution is 7.16. The van der Waals surface area contributed by atoms with E-state index in [1.165, 1.54) is 11.3 Å². The van der Waals surface area contributed by atoms with Crippen LogP contribution in [-0.2, 0) is 15.8 Å². The maximum atomic E-state index is 13.0. The number of amides is 1. The molecule has 1 aliphatic carbocycles. The molecule has 0 bridgehead atoms. The van der Waals surface area contributed by atoms with E-state index in [2.05, 4.69) is 20.6 Å². The van der Waals surface area contributed by atoms with Gasteiger partial charge in [0.25, 0.3) is 0 Å². The van der Waals surface area contributed by atoms with Crippen molar-refractivity contribution in [3.05, 3.63) is 52.5 Å². The van der Waals surface area contributed by atoms with Crippen molar-refractivity contribution in [3.8, 4) is 11.3 Å². The molecule has 1 saturated carbocycles. The Labute approximate surface area is 206 Å². The number of hydrogen-bond donors (Lipinski definition) is 4. The Kier molecular flexibility index (Phi) is 6.93. The highest BCUT2D eigenvalue weighted by atomic mass is 32.1. The number of nitrogens with zero attached hydrogens (tertiary/aromatic N) is 2. The number of halogens is 3. The first-order chi connectivity index (χ1) is 17.0. The van der Waals surface area contributed by atoms with E-state index in [9.17, 15) is 32.7 Å². The Balaban J connectivity index is 1.57. The molecule has 0 unspecified atom stereocenters. The van der Waals surface area contributed by atoms with Crippen molar-refractivity contribution in [1.82, 2.24) is 9.97 Å². The van der Waals surface area contributed by atoms with Crippen molar-refractivity contribution in [1.29, 1.82) is 0 Å². The number of aliphatic carboxylic acids is 1. The maximum Gasteiger partial charge on any atom is 0.417 e. The minimum Gasteiger partial charge on any atom is -0.481 e. The van der Waals surface area contributed by atoms with Crippen LogP contribution in [0.1, 0.15) is 52.4 Å². The molecule has 0 spiro atoms. The standard InChI is InChI=1S/C23H19F3N4O5S/c24-23(25,26)13-9-15(21(34)35)20(27-10-13)30-22-29-18(19(36-22)12-1-2-12)11-3-5-14(6-4-11)28-16(31)7-8-17(32)33/h3-6,9-10,12H,1-2,7-8H2,(H,28,31)(H,32,33)(H,34,35)(H,27,29,30). The summed E-state index contributed by atoms with van der Waals surface area (Å²) in [6.45, 7) is 0. The summed E-state index contributed by atoms with van der Waals surface area (Å²) < 4.78 is 39.0. The molecule has 0 saturated heterocycles. The first-order valence-electron chi connectivity index (χ1n) is 10.7. The number of benzene rings is 1. The van der Waals surface area contributed by atoms with E-state index >= 15 is 0 Å². The first kappa shape index (κ1) is 25.1. The summed E-state index contributed by atoms with van der Waals surface area (Å²) in [7, 11) is 0. The molecule has 4 N–H and O–H groups in total. The molecule has 1 amide bonds. The van der Waals surface area contributed by atoms with Gasteiger partial charge >= 0.3 is 18.1 Å². The molecule has 1 aliphatic rings. The summed E-state index contributed by atoms with van der Waals surface area (Å²) in [4.78, 5) is 43.2. The lowest BCUT2D eigenvalue weighted by Crippen LogP contribution is -2.13. The number of alkyl halides is 3. The second kappa shape index (κ2) is 9.93. The highest BCUT2D eigenvalue weighted by Crippen LogP contribution is 2.48. The average molecular weight is 520 g/mol. The number of carbonyl (C=O) groups is 3. The number of pyridine rings is 1. The van der Waals surface area contributed by atoms with Crippen molar-refractivity contribution in [3.63, 3.8) is 0 Å². The number of rotatable bonds is 9. The number of aromatic nitrogens is 2. The molecule has 0 radical (unpaired) electrons. The van der Waals surface area contributed by atoms with Gasteiger partial charge in [0.2, 0.25) is 5.91 Å². The van der Waals surface area contributed by atoms with Gasteiger partial charge in [-0.25, -0.2) is 14.8 Å². The summed E-state index contributed by atoms with van der Waals surface area (Å²) >= 11 is 1.27. The summed E-state index contributed by atoms with van der Waals surface area (Å²) in [5.74, 6) is -3.04. The van der Waals surface area contributed by atoms with Gasteiger partial charge in [0, 0.05) is 28.7 Å². The minimum absolute atomic E-state index is 0.152. The lowest BCUT2D eigenvalue weighted by atomic mass is 10.1. The van der Waals surface area contributed by atoms with E-state index in [-0.39, 0.29) is 29.7 Å². The average Bonchev–Trinajstić information content (AvgIpc) is 3.57. The largest absolute Gasteiger partial charge is 0.481 e. The number of aromatic carboxylic acids is 1. The number of anilines is 3. The molecule has 0 aliphatic heterocycles. The smallest absolute Gasteiger partial charge is 0.417 e. The third-order valence-electron chi connectivity index (χ3n) is 5.28. The van der Waals surface area contributed by atoms with Crippen LogP contribution >= 0.6 is 11.3 Å².